The van der Waals surface area contributed by atoms with Crippen molar-refractivity contribution >= 4 is 11.9 Å². The molecule has 0 aliphatic carbocycles. The van der Waals surface area contributed by atoms with Gasteiger partial charge in [0.1, 0.15) is 11.2 Å². The molecule has 0 N–H and O–H groups in total. The molecule has 0 aliphatic rings. The van der Waals surface area contributed by atoms with Crippen LogP contribution < -0.4 is 0 Å². The molecular weight excluding hydrogens is 296 g/mol. The van der Waals surface area contributed by atoms with Gasteiger partial charge in [-0.05, 0) is 53.7 Å². The van der Waals surface area contributed by atoms with E-state index in [1.165, 1.54) is 18.3 Å². The summed E-state index contributed by atoms with van der Waals surface area (Å²) in [5.74, 6) is -2.44. The van der Waals surface area contributed by atoms with E-state index in [1.807, 2.05) is 6.07 Å². The molecule has 6 heteroatoms. The zero-order chi connectivity index (χ0) is 17.8. The fourth-order valence-electron chi connectivity index (χ4n) is 1.67. The van der Waals surface area contributed by atoms with Crippen LogP contribution in [0.3, 0.4) is 0 Å². The average molecular weight is 318 g/mol. The van der Waals surface area contributed by atoms with Crippen molar-refractivity contribution in [2.24, 2.45) is 0 Å². The number of hydrogen-bond acceptors (Lipinski definition) is 6. The Morgan fingerprint density at radius 2 is 1.70 bits per heavy atom. The minimum absolute atomic E-state index is 0.158. The van der Waals surface area contributed by atoms with Gasteiger partial charge in [0.05, 0.1) is 17.3 Å². The monoisotopic (exact) mass is 318 g/mol. The minimum atomic E-state index is -1.20. The topological polar surface area (TPSA) is 89.3 Å². The van der Waals surface area contributed by atoms with Gasteiger partial charge < -0.3 is 9.47 Å². The van der Waals surface area contributed by atoms with Gasteiger partial charge in [0.2, 0.25) is 0 Å². The Hall–Kier alpha value is -2.42. The Balaban J connectivity index is 3.04. The Bertz CT molecular complexity index is 633. The van der Waals surface area contributed by atoms with Crippen LogP contribution in [0, 0.1) is 11.3 Å². The fourth-order valence-corrected chi connectivity index (χ4v) is 1.67. The highest BCUT2D eigenvalue weighted by molar-refractivity contribution is 5.90. The van der Waals surface area contributed by atoms with Crippen molar-refractivity contribution in [3.8, 4) is 6.07 Å². The highest BCUT2D eigenvalue weighted by Gasteiger charge is 2.28. The van der Waals surface area contributed by atoms with E-state index in [4.69, 9.17) is 9.47 Å². The Morgan fingerprint density at radius 3 is 2.17 bits per heavy atom. The fraction of sp³-hybridized carbons (Fsp3) is 0.529. The summed E-state index contributed by atoms with van der Waals surface area (Å²) >= 11 is 0. The molecule has 1 aromatic heterocycles. The number of carbonyl (C=O) groups excluding carboxylic acids is 2. The maximum absolute atomic E-state index is 12.1. The van der Waals surface area contributed by atoms with E-state index in [-0.39, 0.29) is 11.3 Å². The molecule has 0 radical (unpaired) electrons. The molecule has 23 heavy (non-hydrogen) atoms. The molecule has 124 valence electrons. The predicted octanol–water partition coefficient (Wildman–Crippen LogP) is 2.99. The van der Waals surface area contributed by atoms with Gasteiger partial charge in [-0.3, -0.25) is 9.78 Å². The molecule has 6 nitrogen and oxygen atoms in total. The van der Waals surface area contributed by atoms with Crippen molar-refractivity contribution in [1.29, 1.82) is 5.26 Å². The van der Waals surface area contributed by atoms with Gasteiger partial charge in [0, 0.05) is 6.20 Å². The lowest BCUT2D eigenvalue weighted by molar-refractivity contribution is -0.155. The Labute approximate surface area is 136 Å². The summed E-state index contributed by atoms with van der Waals surface area (Å²) in [6.45, 7) is 10.4. The normalized spacial score (nSPS) is 12.9. The van der Waals surface area contributed by atoms with Crippen molar-refractivity contribution in [2.45, 2.75) is 58.7 Å². The van der Waals surface area contributed by atoms with Gasteiger partial charge in [0.25, 0.3) is 0 Å². The number of aromatic nitrogens is 1. The first-order valence-corrected chi connectivity index (χ1v) is 7.25. The van der Waals surface area contributed by atoms with Crippen LogP contribution in [0.25, 0.3) is 0 Å². The molecule has 0 fully saturated rings. The van der Waals surface area contributed by atoms with Crippen molar-refractivity contribution < 1.29 is 19.1 Å². The number of nitrogens with zero attached hydrogens (tertiary/aromatic N) is 2. The van der Waals surface area contributed by atoms with Crippen LogP contribution in [0.5, 0.6) is 0 Å². The highest BCUT2D eigenvalue weighted by atomic mass is 16.6. The second-order valence-corrected chi connectivity index (χ2v) is 7.07. The molecule has 1 heterocycles. The van der Waals surface area contributed by atoms with Crippen LogP contribution in [0.2, 0.25) is 0 Å². The molecule has 0 bridgehead atoms. The van der Waals surface area contributed by atoms with E-state index in [2.05, 4.69) is 4.98 Å². The zero-order valence-electron chi connectivity index (χ0n) is 14.3. The molecular formula is C17H22N2O4. The first-order chi connectivity index (χ1) is 10.4. The minimum Gasteiger partial charge on any atom is -0.459 e. The van der Waals surface area contributed by atoms with E-state index < -0.39 is 29.1 Å². The van der Waals surface area contributed by atoms with Crippen LogP contribution in [0.4, 0.5) is 0 Å². The second kappa shape index (κ2) is 6.78. The summed E-state index contributed by atoms with van der Waals surface area (Å²) in [5.41, 5.74) is -0.964. The molecule has 0 spiro atoms. The third-order valence-electron chi connectivity index (χ3n) is 2.48. The summed E-state index contributed by atoms with van der Waals surface area (Å²) in [5, 5.41) is 9.26. The number of nitriles is 1. The lowest BCUT2D eigenvalue weighted by atomic mass is 10.0. The van der Waals surface area contributed by atoms with E-state index in [0.717, 1.165) is 0 Å². The Kier molecular flexibility index (Phi) is 5.49. The lowest BCUT2D eigenvalue weighted by Gasteiger charge is -2.21. The number of rotatable bonds is 3. The number of ether oxygens (including phenoxy) is 2. The number of pyridine rings is 1. The van der Waals surface area contributed by atoms with Crippen molar-refractivity contribution in [3.63, 3.8) is 0 Å². The summed E-state index contributed by atoms with van der Waals surface area (Å²) in [6.07, 6.45) is 1.36. The van der Waals surface area contributed by atoms with E-state index >= 15 is 0 Å². The summed E-state index contributed by atoms with van der Waals surface area (Å²) in [7, 11) is 0. The third-order valence-corrected chi connectivity index (χ3v) is 2.48. The molecule has 0 aliphatic heterocycles. The standard InChI is InChI=1S/C17H22N2O4/c1-16(2,3)22-14(20)11-7-8-19-13(9-11)12(10-18)15(21)23-17(4,5)6/h7-9,12H,1-6H3. The maximum Gasteiger partial charge on any atom is 0.338 e. The number of carbonyl (C=O) groups is 2. The third kappa shape index (κ3) is 6.07. The van der Waals surface area contributed by atoms with Crippen molar-refractivity contribution in [1.82, 2.24) is 4.98 Å². The zero-order valence-corrected chi connectivity index (χ0v) is 14.3. The molecule has 0 saturated carbocycles. The first kappa shape index (κ1) is 18.6. The van der Waals surface area contributed by atoms with Crippen LogP contribution in [0.1, 0.15) is 63.5 Å². The average Bonchev–Trinajstić information content (AvgIpc) is 2.35. The van der Waals surface area contributed by atoms with E-state index in [9.17, 15) is 14.9 Å². The largest absolute Gasteiger partial charge is 0.459 e. The molecule has 1 rings (SSSR count). The second-order valence-electron chi connectivity index (χ2n) is 7.07. The quantitative estimate of drug-likeness (QED) is 0.796. The Morgan fingerprint density at radius 1 is 1.13 bits per heavy atom. The summed E-state index contributed by atoms with van der Waals surface area (Å²) in [6, 6.07) is 4.72. The van der Waals surface area contributed by atoms with Crippen LogP contribution in [0.15, 0.2) is 18.3 Å². The first-order valence-electron chi connectivity index (χ1n) is 7.25. The highest BCUT2D eigenvalue weighted by Crippen LogP contribution is 2.20. The van der Waals surface area contributed by atoms with Gasteiger partial charge >= 0.3 is 11.9 Å². The molecule has 1 atom stereocenters. The van der Waals surface area contributed by atoms with Gasteiger partial charge in [-0.25, -0.2) is 4.79 Å². The molecule has 1 unspecified atom stereocenters. The van der Waals surface area contributed by atoms with Gasteiger partial charge in [-0.1, -0.05) is 0 Å². The SMILES string of the molecule is CC(C)(C)OC(=O)c1ccnc(C(C#N)C(=O)OC(C)(C)C)c1. The van der Waals surface area contributed by atoms with Crippen molar-refractivity contribution in [2.75, 3.05) is 0 Å². The molecule has 0 amide bonds. The maximum atomic E-state index is 12.1. The number of esters is 2. The van der Waals surface area contributed by atoms with Crippen LogP contribution in [-0.2, 0) is 14.3 Å². The molecule has 0 aromatic carbocycles. The van der Waals surface area contributed by atoms with E-state index in [1.54, 1.807) is 41.5 Å². The van der Waals surface area contributed by atoms with Gasteiger partial charge in [-0.2, -0.15) is 5.26 Å². The van der Waals surface area contributed by atoms with Gasteiger partial charge in [0.15, 0.2) is 5.92 Å². The smallest absolute Gasteiger partial charge is 0.338 e. The lowest BCUT2D eigenvalue weighted by Crippen LogP contribution is -2.28. The van der Waals surface area contributed by atoms with Crippen LogP contribution in [-0.4, -0.2) is 28.1 Å². The van der Waals surface area contributed by atoms with Crippen molar-refractivity contribution in [3.05, 3.63) is 29.6 Å². The predicted molar refractivity (Wildman–Crippen MR) is 83.6 cm³/mol. The van der Waals surface area contributed by atoms with Gasteiger partial charge in [-0.15, -0.1) is 0 Å². The molecule has 1 aromatic rings. The van der Waals surface area contributed by atoms with Crippen LogP contribution >= 0.6 is 0 Å². The summed E-state index contributed by atoms with van der Waals surface area (Å²) in [4.78, 5) is 28.2. The number of hydrogen-bond donors (Lipinski definition) is 0. The summed E-state index contributed by atoms with van der Waals surface area (Å²) < 4.78 is 10.5. The van der Waals surface area contributed by atoms with E-state index in [0.29, 0.717) is 0 Å². The molecule has 0 saturated heterocycles.